The van der Waals surface area contributed by atoms with Gasteiger partial charge in [0.05, 0.1) is 0 Å². The lowest BCUT2D eigenvalue weighted by Gasteiger charge is -2.29. The van der Waals surface area contributed by atoms with E-state index >= 15 is 0 Å². The van der Waals surface area contributed by atoms with Crippen molar-refractivity contribution >= 4 is 17.6 Å². The standard InChI is InChI=1S/C21H35N5O/c1-17(2)20(27)23-12-13-24-21(22-3)25(4)16-18-8-10-19(11-9-18)26-14-6-5-7-15-26/h8-11,17H,5-7,12-16H2,1-4H3,(H,22,24)(H,23,27). The first-order chi connectivity index (χ1) is 13.0. The predicted molar refractivity (Wildman–Crippen MR) is 113 cm³/mol. The maximum Gasteiger partial charge on any atom is 0.222 e. The largest absolute Gasteiger partial charge is 0.372 e. The van der Waals surface area contributed by atoms with Crippen LogP contribution in [0.5, 0.6) is 0 Å². The summed E-state index contributed by atoms with van der Waals surface area (Å²) in [4.78, 5) is 20.5. The number of nitrogens with one attached hydrogen (secondary N) is 2. The van der Waals surface area contributed by atoms with Crippen LogP contribution in [0.1, 0.15) is 38.7 Å². The van der Waals surface area contributed by atoms with Crippen LogP contribution in [0.4, 0.5) is 5.69 Å². The van der Waals surface area contributed by atoms with Gasteiger partial charge in [0.25, 0.3) is 0 Å². The van der Waals surface area contributed by atoms with Crippen LogP contribution in [0.15, 0.2) is 29.3 Å². The van der Waals surface area contributed by atoms with Crippen LogP contribution in [0, 0.1) is 5.92 Å². The highest BCUT2D eigenvalue weighted by molar-refractivity contribution is 5.80. The molecule has 150 valence electrons. The van der Waals surface area contributed by atoms with Crippen LogP contribution in [-0.4, -0.2) is 57.0 Å². The summed E-state index contributed by atoms with van der Waals surface area (Å²) in [5, 5.41) is 6.21. The maximum atomic E-state index is 11.6. The van der Waals surface area contributed by atoms with E-state index in [9.17, 15) is 4.79 Å². The normalized spacial score (nSPS) is 15.0. The van der Waals surface area contributed by atoms with Gasteiger partial charge >= 0.3 is 0 Å². The van der Waals surface area contributed by atoms with Gasteiger partial charge in [0.2, 0.25) is 5.91 Å². The van der Waals surface area contributed by atoms with Crippen molar-refractivity contribution in [1.82, 2.24) is 15.5 Å². The van der Waals surface area contributed by atoms with E-state index in [0.717, 1.165) is 12.5 Å². The number of aliphatic imine (C=N–C) groups is 1. The monoisotopic (exact) mass is 373 g/mol. The molecule has 1 aromatic rings. The molecule has 1 aromatic carbocycles. The van der Waals surface area contributed by atoms with E-state index in [-0.39, 0.29) is 11.8 Å². The Morgan fingerprint density at radius 3 is 2.33 bits per heavy atom. The summed E-state index contributed by atoms with van der Waals surface area (Å²) < 4.78 is 0. The van der Waals surface area contributed by atoms with Gasteiger partial charge in [-0.3, -0.25) is 9.79 Å². The van der Waals surface area contributed by atoms with Crippen molar-refractivity contribution in [1.29, 1.82) is 0 Å². The summed E-state index contributed by atoms with van der Waals surface area (Å²) in [6.07, 6.45) is 3.95. The maximum absolute atomic E-state index is 11.6. The molecule has 27 heavy (non-hydrogen) atoms. The SMILES string of the molecule is CN=C(NCCNC(=O)C(C)C)N(C)Cc1ccc(N2CCCCC2)cc1. The van der Waals surface area contributed by atoms with Gasteiger partial charge in [-0.05, 0) is 37.0 Å². The quantitative estimate of drug-likeness (QED) is 0.438. The van der Waals surface area contributed by atoms with Crippen molar-refractivity contribution in [2.75, 3.05) is 45.2 Å². The Labute approximate surface area is 164 Å². The first-order valence-corrected chi connectivity index (χ1v) is 10.0. The van der Waals surface area contributed by atoms with E-state index in [1.807, 2.05) is 20.9 Å². The number of rotatable bonds is 7. The summed E-state index contributed by atoms with van der Waals surface area (Å²) in [6, 6.07) is 8.87. The molecule has 0 spiro atoms. The molecule has 0 bridgehead atoms. The minimum Gasteiger partial charge on any atom is -0.372 e. The molecule has 1 amide bonds. The van der Waals surface area contributed by atoms with Gasteiger partial charge < -0.3 is 20.4 Å². The third-order valence-electron chi connectivity index (χ3n) is 4.88. The van der Waals surface area contributed by atoms with Gasteiger partial charge in [-0.15, -0.1) is 0 Å². The molecule has 0 radical (unpaired) electrons. The summed E-state index contributed by atoms with van der Waals surface area (Å²) in [7, 11) is 3.81. The third kappa shape index (κ3) is 6.77. The lowest BCUT2D eigenvalue weighted by atomic mass is 10.1. The molecule has 6 heteroatoms. The Morgan fingerprint density at radius 1 is 1.11 bits per heavy atom. The second kappa shape index (κ2) is 10.8. The van der Waals surface area contributed by atoms with Gasteiger partial charge in [-0.25, -0.2) is 0 Å². The summed E-state index contributed by atoms with van der Waals surface area (Å²) in [6.45, 7) is 8.17. The van der Waals surface area contributed by atoms with Crippen LogP contribution >= 0.6 is 0 Å². The molecule has 1 aliphatic heterocycles. The summed E-state index contributed by atoms with van der Waals surface area (Å²) in [5.41, 5.74) is 2.58. The number of carbonyl (C=O) groups is 1. The van der Waals surface area contributed by atoms with Crippen LogP contribution in [0.2, 0.25) is 0 Å². The fourth-order valence-corrected chi connectivity index (χ4v) is 3.26. The van der Waals surface area contributed by atoms with Crippen molar-refractivity contribution < 1.29 is 4.79 Å². The van der Waals surface area contributed by atoms with Crippen molar-refractivity contribution in [2.45, 2.75) is 39.7 Å². The molecular weight excluding hydrogens is 338 g/mol. The minimum absolute atomic E-state index is 0.0138. The highest BCUT2D eigenvalue weighted by atomic mass is 16.1. The fourth-order valence-electron chi connectivity index (χ4n) is 3.26. The molecule has 0 aliphatic carbocycles. The first kappa shape index (κ1) is 21.1. The molecule has 2 N–H and O–H groups in total. The average molecular weight is 374 g/mol. The second-order valence-electron chi connectivity index (χ2n) is 7.49. The molecule has 1 saturated heterocycles. The lowest BCUT2D eigenvalue weighted by molar-refractivity contribution is -0.123. The van der Waals surface area contributed by atoms with Gasteiger partial charge in [0.1, 0.15) is 0 Å². The number of anilines is 1. The van der Waals surface area contributed by atoms with Crippen molar-refractivity contribution in [3.05, 3.63) is 29.8 Å². The molecule has 1 heterocycles. The van der Waals surface area contributed by atoms with Crippen LogP contribution in [0.25, 0.3) is 0 Å². The second-order valence-corrected chi connectivity index (χ2v) is 7.49. The topological polar surface area (TPSA) is 60.0 Å². The van der Waals surface area contributed by atoms with E-state index < -0.39 is 0 Å². The highest BCUT2D eigenvalue weighted by Crippen LogP contribution is 2.20. The number of carbonyl (C=O) groups excluding carboxylic acids is 1. The number of nitrogens with zero attached hydrogens (tertiary/aromatic N) is 3. The van der Waals surface area contributed by atoms with Gasteiger partial charge in [-0.1, -0.05) is 26.0 Å². The molecule has 0 unspecified atom stereocenters. The Bertz CT molecular complexity index is 606. The van der Waals surface area contributed by atoms with Gasteiger partial charge in [-0.2, -0.15) is 0 Å². The van der Waals surface area contributed by atoms with Gasteiger partial charge in [0.15, 0.2) is 5.96 Å². The number of guanidine groups is 1. The van der Waals surface area contributed by atoms with Crippen LogP contribution in [0.3, 0.4) is 0 Å². The number of amides is 1. The number of hydrogen-bond acceptors (Lipinski definition) is 3. The minimum atomic E-state index is 0.0138. The molecule has 0 atom stereocenters. The number of hydrogen-bond donors (Lipinski definition) is 2. The van der Waals surface area contributed by atoms with E-state index in [1.165, 1.54) is 43.6 Å². The summed E-state index contributed by atoms with van der Waals surface area (Å²) >= 11 is 0. The molecule has 6 nitrogen and oxygen atoms in total. The lowest BCUT2D eigenvalue weighted by Crippen LogP contribution is -2.42. The number of benzene rings is 1. The zero-order chi connectivity index (χ0) is 19.6. The van der Waals surface area contributed by atoms with Crippen LogP contribution < -0.4 is 15.5 Å². The predicted octanol–water partition coefficient (Wildman–Crippen LogP) is 2.46. The fraction of sp³-hybridized carbons (Fsp3) is 0.619. The Balaban J connectivity index is 1.79. The van der Waals surface area contributed by atoms with Crippen molar-refractivity contribution in [2.24, 2.45) is 10.9 Å². The van der Waals surface area contributed by atoms with Crippen LogP contribution in [-0.2, 0) is 11.3 Å². The van der Waals surface area contributed by atoms with Gasteiger partial charge in [0, 0.05) is 58.4 Å². The zero-order valence-electron chi connectivity index (χ0n) is 17.3. The molecule has 1 aliphatic rings. The molecule has 1 fully saturated rings. The zero-order valence-corrected chi connectivity index (χ0v) is 17.3. The van der Waals surface area contributed by atoms with Crippen molar-refractivity contribution in [3.63, 3.8) is 0 Å². The summed E-state index contributed by atoms with van der Waals surface area (Å²) in [5.74, 6) is 0.919. The smallest absolute Gasteiger partial charge is 0.222 e. The Morgan fingerprint density at radius 2 is 1.74 bits per heavy atom. The Hall–Kier alpha value is -2.24. The molecular formula is C21H35N5O. The molecule has 0 aromatic heterocycles. The van der Waals surface area contributed by atoms with E-state index in [1.54, 1.807) is 7.05 Å². The number of piperidine rings is 1. The van der Waals surface area contributed by atoms with Crippen molar-refractivity contribution in [3.8, 4) is 0 Å². The first-order valence-electron chi connectivity index (χ1n) is 10.0. The van der Waals surface area contributed by atoms with E-state index in [0.29, 0.717) is 13.1 Å². The molecule has 0 saturated carbocycles. The van der Waals surface area contributed by atoms with E-state index in [2.05, 4.69) is 49.7 Å². The average Bonchev–Trinajstić information content (AvgIpc) is 2.69. The highest BCUT2D eigenvalue weighted by Gasteiger charge is 2.12. The van der Waals surface area contributed by atoms with E-state index in [4.69, 9.17) is 0 Å². The molecule has 2 rings (SSSR count). The third-order valence-corrected chi connectivity index (χ3v) is 4.88. The Kier molecular flexibility index (Phi) is 8.43.